The standard InChI is InChI=1S/C12H8N2O4S/c13-11-14-10(17)9(19-11)12(18)7(15)5-3-1-2-4-6(5)8(12)16/h1-4,9,18H,(H2,13,14,17)/t9-/m0/s1. The van der Waals surface area contributed by atoms with Crippen molar-refractivity contribution in [1.29, 1.82) is 0 Å². The normalized spacial score (nSPS) is 24.6. The molecule has 3 N–H and O–H groups in total. The monoisotopic (exact) mass is 276 g/mol. The summed E-state index contributed by atoms with van der Waals surface area (Å²) >= 11 is 0.734. The third-order valence-corrected chi connectivity index (χ3v) is 4.28. The molecule has 1 heterocycles. The number of benzene rings is 1. The van der Waals surface area contributed by atoms with Gasteiger partial charge in [-0.05, 0) is 0 Å². The van der Waals surface area contributed by atoms with Gasteiger partial charge in [0.2, 0.25) is 17.2 Å². The van der Waals surface area contributed by atoms with Crippen LogP contribution in [0, 0.1) is 0 Å². The molecule has 0 spiro atoms. The number of aliphatic hydroxyl groups is 1. The molecule has 0 saturated carbocycles. The molecular weight excluding hydrogens is 268 g/mol. The zero-order valence-corrected chi connectivity index (χ0v) is 10.3. The molecule has 1 aromatic rings. The van der Waals surface area contributed by atoms with E-state index in [0.717, 1.165) is 11.8 Å². The van der Waals surface area contributed by atoms with Crippen LogP contribution < -0.4 is 5.73 Å². The molecule has 96 valence electrons. The molecule has 1 atom stereocenters. The average molecular weight is 276 g/mol. The van der Waals surface area contributed by atoms with Gasteiger partial charge in [-0.3, -0.25) is 14.4 Å². The van der Waals surface area contributed by atoms with Gasteiger partial charge in [-0.2, -0.15) is 4.99 Å². The molecule has 7 heteroatoms. The number of hydrogen-bond acceptors (Lipinski definition) is 6. The SMILES string of the molecule is NC1=NC(=O)[C@@H](C2(O)C(=O)c3ccccc3C2=O)S1. The molecule has 0 unspecified atom stereocenters. The first-order chi connectivity index (χ1) is 8.96. The Balaban J connectivity index is 2.11. The summed E-state index contributed by atoms with van der Waals surface area (Å²) in [7, 11) is 0. The zero-order valence-electron chi connectivity index (χ0n) is 9.49. The quantitative estimate of drug-likeness (QED) is 0.685. The maximum absolute atomic E-state index is 12.2. The van der Waals surface area contributed by atoms with Gasteiger partial charge in [0.15, 0.2) is 5.17 Å². The Labute approximate surface area is 111 Å². The smallest absolute Gasteiger partial charge is 0.265 e. The number of Topliss-reactive ketones (excluding diaryl/α,β-unsaturated/α-hetero) is 2. The number of carbonyl (C=O) groups is 3. The van der Waals surface area contributed by atoms with E-state index >= 15 is 0 Å². The number of fused-ring (bicyclic) bond motifs is 1. The van der Waals surface area contributed by atoms with Gasteiger partial charge in [0.25, 0.3) is 5.91 Å². The number of amidine groups is 1. The molecule has 0 radical (unpaired) electrons. The van der Waals surface area contributed by atoms with Gasteiger partial charge in [-0.15, -0.1) is 0 Å². The lowest BCUT2D eigenvalue weighted by atomic mass is 9.93. The van der Waals surface area contributed by atoms with Crippen molar-refractivity contribution in [3.8, 4) is 0 Å². The fraction of sp³-hybridized carbons (Fsp3) is 0.167. The van der Waals surface area contributed by atoms with Crippen molar-refractivity contribution in [1.82, 2.24) is 0 Å². The predicted octanol–water partition coefficient (Wildman–Crippen LogP) is -0.247. The van der Waals surface area contributed by atoms with Crippen molar-refractivity contribution in [2.45, 2.75) is 10.9 Å². The Kier molecular flexibility index (Phi) is 2.38. The molecule has 0 saturated heterocycles. The number of aliphatic imine (C=N–C) groups is 1. The van der Waals surface area contributed by atoms with Crippen LogP contribution in [0.15, 0.2) is 29.3 Å². The molecule has 1 amide bonds. The highest BCUT2D eigenvalue weighted by Gasteiger charge is 2.60. The minimum absolute atomic E-state index is 0.0556. The Hall–Kier alpha value is -1.99. The molecule has 1 aliphatic heterocycles. The highest BCUT2D eigenvalue weighted by Crippen LogP contribution is 2.39. The number of nitrogens with two attached hydrogens (primary N) is 1. The second-order valence-corrected chi connectivity index (χ2v) is 5.38. The van der Waals surface area contributed by atoms with Crippen LogP contribution >= 0.6 is 11.8 Å². The van der Waals surface area contributed by atoms with Gasteiger partial charge in [0.1, 0.15) is 5.25 Å². The summed E-state index contributed by atoms with van der Waals surface area (Å²) in [6.07, 6.45) is 0. The van der Waals surface area contributed by atoms with E-state index in [1.165, 1.54) is 12.1 Å². The third-order valence-electron chi connectivity index (χ3n) is 3.17. The van der Waals surface area contributed by atoms with E-state index in [1.54, 1.807) is 12.1 Å². The maximum atomic E-state index is 12.2. The lowest BCUT2D eigenvalue weighted by Crippen LogP contribution is -2.52. The number of nitrogens with zero attached hydrogens (tertiary/aromatic N) is 1. The molecule has 0 fully saturated rings. The number of amides is 1. The number of rotatable bonds is 1. The zero-order chi connectivity index (χ0) is 13.8. The number of ketones is 2. The van der Waals surface area contributed by atoms with Crippen LogP contribution in [0.3, 0.4) is 0 Å². The molecule has 1 aromatic carbocycles. The molecule has 1 aliphatic carbocycles. The molecule has 0 aromatic heterocycles. The Morgan fingerprint density at radius 1 is 1.16 bits per heavy atom. The van der Waals surface area contributed by atoms with Crippen molar-refractivity contribution in [3.63, 3.8) is 0 Å². The van der Waals surface area contributed by atoms with Crippen molar-refractivity contribution in [2.24, 2.45) is 10.7 Å². The van der Waals surface area contributed by atoms with Gasteiger partial charge in [0.05, 0.1) is 0 Å². The topological polar surface area (TPSA) is 110 Å². The summed E-state index contributed by atoms with van der Waals surface area (Å²) in [6.45, 7) is 0. The van der Waals surface area contributed by atoms with E-state index < -0.39 is 28.3 Å². The number of thioether (sulfide) groups is 1. The molecule has 3 rings (SSSR count). The largest absolute Gasteiger partial charge is 0.378 e. The first-order valence-corrected chi connectivity index (χ1v) is 6.30. The van der Waals surface area contributed by atoms with E-state index in [4.69, 9.17) is 5.73 Å². The van der Waals surface area contributed by atoms with Crippen molar-refractivity contribution < 1.29 is 19.5 Å². The highest BCUT2D eigenvalue weighted by molar-refractivity contribution is 8.15. The molecule has 6 nitrogen and oxygen atoms in total. The van der Waals surface area contributed by atoms with Crippen LogP contribution in [-0.4, -0.2) is 38.6 Å². The minimum Gasteiger partial charge on any atom is -0.378 e. The summed E-state index contributed by atoms with van der Waals surface area (Å²) in [5.41, 5.74) is 3.23. The van der Waals surface area contributed by atoms with E-state index in [9.17, 15) is 19.5 Å². The molecule has 19 heavy (non-hydrogen) atoms. The van der Waals surface area contributed by atoms with Crippen LogP contribution in [0.2, 0.25) is 0 Å². The Morgan fingerprint density at radius 2 is 1.68 bits per heavy atom. The van der Waals surface area contributed by atoms with E-state index in [2.05, 4.69) is 4.99 Å². The van der Waals surface area contributed by atoms with Gasteiger partial charge in [-0.1, -0.05) is 36.0 Å². The van der Waals surface area contributed by atoms with Gasteiger partial charge < -0.3 is 10.8 Å². The lowest BCUT2D eigenvalue weighted by molar-refractivity contribution is -0.119. The maximum Gasteiger partial charge on any atom is 0.265 e. The fourth-order valence-electron chi connectivity index (χ4n) is 2.26. The van der Waals surface area contributed by atoms with Gasteiger partial charge in [-0.25, -0.2) is 0 Å². The van der Waals surface area contributed by atoms with Crippen LogP contribution in [0.4, 0.5) is 0 Å². The first-order valence-electron chi connectivity index (χ1n) is 5.42. The molecular formula is C12H8N2O4S. The van der Waals surface area contributed by atoms with E-state index in [0.29, 0.717) is 0 Å². The summed E-state index contributed by atoms with van der Waals surface area (Å²) in [5.74, 6) is -2.31. The average Bonchev–Trinajstić information content (AvgIpc) is 2.83. The highest BCUT2D eigenvalue weighted by atomic mass is 32.2. The van der Waals surface area contributed by atoms with Gasteiger partial charge >= 0.3 is 0 Å². The lowest BCUT2D eigenvalue weighted by Gasteiger charge is -2.23. The summed E-state index contributed by atoms with van der Waals surface area (Å²) in [5, 5.41) is 9.11. The van der Waals surface area contributed by atoms with Gasteiger partial charge in [0, 0.05) is 11.1 Å². The van der Waals surface area contributed by atoms with Crippen LogP contribution in [0.5, 0.6) is 0 Å². The Bertz CT molecular complexity index is 632. The summed E-state index contributed by atoms with van der Waals surface area (Å²) in [4.78, 5) is 39.6. The summed E-state index contributed by atoms with van der Waals surface area (Å²) < 4.78 is 0. The number of carbonyl (C=O) groups excluding carboxylic acids is 3. The minimum atomic E-state index is -2.41. The van der Waals surface area contributed by atoms with Crippen molar-refractivity contribution >= 4 is 34.4 Å². The second kappa shape index (κ2) is 3.75. The fourth-order valence-corrected chi connectivity index (χ4v) is 3.18. The van der Waals surface area contributed by atoms with E-state index in [1.807, 2.05) is 0 Å². The van der Waals surface area contributed by atoms with Crippen molar-refractivity contribution in [2.75, 3.05) is 0 Å². The second-order valence-electron chi connectivity index (χ2n) is 4.26. The molecule has 0 bridgehead atoms. The summed E-state index contributed by atoms with van der Waals surface area (Å²) in [6, 6.07) is 6.07. The van der Waals surface area contributed by atoms with Crippen LogP contribution in [-0.2, 0) is 4.79 Å². The molecule has 2 aliphatic rings. The first kappa shape index (κ1) is 12.1. The van der Waals surface area contributed by atoms with Crippen LogP contribution in [0.25, 0.3) is 0 Å². The predicted molar refractivity (Wildman–Crippen MR) is 68.1 cm³/mol. The van der Waals surface area contributed by atoms with Crippen LogP contribution in [0.1, 0.15) is 20.7 Å². The van der Waals surface area contributed by atoms with Crippen molar-refractivity contribution in [3.05, 3.63) is 35.4 Å². The Morgan fingerprint density at radius 3 is 2.11 bits per heavy atom. The third kappa shape index (κ3) is 1.42. The van der Waals surface area contributed by atoms with E-state index in [-0.39, 0.29) is 16.3 Å². The number of hydrogen-bond donors (Lipinski definition) is 2.